The molecule has 3 N–H and O–H groups in total. The highest BCUT2D eigenvalue weighted by molar-refractivity contribution is 5.77. The van der Waals surface area contributed by atoms with E-state index in [1.165, 1.54) is 40.3 Å². The van der Waals surface area contributed by atoms with Gasteiger partial charge >= 0.3 is 0 Å². The highest BCUT2D eigenvalue weighted by Gasteiger charge is 2.26. The van der Waals surface area contributed by atoms with Crippen molar-refractivity contribution in [3.63, 3.8) is 0 Å². The molecule has 0 aromatic heterocycles. The fourth-order valence-electron chi connectivity index (χ4n) is 3.78. The Labute approximate surface area is 137 Å². The number of amides is 1. The van der Waals surface area contributed by atoms with Gasteiger partial charge in [0.25, 0.3) is 5.91 Å². The van der Waals surface area contributed by atoms with Crippen molar-refractivity contribution < 1.29 is 19.0 Å². The van der Waals surface area contributed by atoms with Gasteiger partial charge in [0.05, 0.1) is 0 Å². The molecule has 1 aromatic rings. The van der Waals surface area contributed by atoms with Crippen LogP contribution in [-0.4, -0.2) is 44.7 Å². The standard InChI is InChI=1S/C18H26FN3O/c19-16-7-5-15(6-8-16)13-21-9-11-22(12-10-21)14-18(23)20-17-3-1-2-4-17/h5-8,17H,1-4,9-14H2,(H,20,23)/p+2. The molecule has 0 atom stereocenters. The van der Waals surface area contributed by atoms with E-state index in [4.69, 9.17) is 0 Å². The van der Waals surface area contributed by atoms with Crippen LogP contribution in [0, 0.1) is 5.82 Å². The Hall–Kier alpha value is -1.46. The number of hydrogen-bond acceptors (Lipinski definition) is 1. The van der Waals surface area contributed by atoms with Crippen LogP contribution in [0.3, 0.4) is 0 Å². The quantitative estimate of drug-likeness (QED) is 0.651. The molecular formula is C18H28FN3O+2. The smallest absolute Gasteiger partial charge is 0.275 e. The molecule has 3 rings (SSSR count). The van der Waals surface area contributed by atoms with Crippen LogP contribution >= 0.6 is 0 Å². The Balaban J connectivity index is 1.37. The van der Waals surface area contributed by atoms with E-state index in [0.29, 0.717) is 12.6 Å². The van der Waals surface area contributed by atoms with E-state index < -0.39 is 0 Å². The summed E-state index contributed by atoms with van der Waals surface area (Å²) in [6, 6.07) is 7.23. The predicted molar refractivity (Wildman–Crippen MR) is 86.8 cm³/mol. The predicted octanol–water partition coefficient (Wildman–Crippen LogP) is -0.832. The zero-order valence-electron chi connectivity index (χ0n) is 13.7. The third kappa shape index (κ3) is 5.01. The Morgan fingerprint density at radius 1 is 1.04 bits per heavy atom. The van der Waals surface area contributed by atoms with Crippen molar-refractivity contribution in [3.8, 4) is 0 Å². The van der Waals surface area contributed by atoms with Crippen LogP contribution in [0.4, 0.5) is 4.39 Å². The number of nitrogens with one attached hydrogen (secondary N) is 3. The van der Waals surface area contributed by atoms with Gasteiger partial charge in [0, 0.05) is 11.6 Å². The lowest BCUT2D eigenvalue weighted by Crippen LogP contribution is -3.28. The molecule has 0 radical (unpaired) electrons. The number of carbonyl (C=O) groups excluding carboxylic acids is 1. The molecule has 1 amide bonds. The Morgan fingerprint density at radius 3 is 2.30 bits per heavy atom. The van der Waals surface area contributed by atoms with Gasteiger partial charge in [0.2, 0.25) is 0 Å². The molecule has 1 aromatic carbocycles. The molecule has 1 saturated heterocycles. The average Bonchev–Trinajstić information content (AvgIpc) is 3.04. The third-order valence-corrected chi connectivity index (χ3v) is 5.16. The molecule has 2 aliphatic rings. The minimum atomic E-state index is -0.175. The van der Waals surface area contributed by atoms with Gasteiger partial charge in [-0.15, -0.1) is 0 Å². The molecule has 1 aliphatic carbocycles. The first-order valence-electron chi connectivity index (χ1n) is 8.90. The van der Waals surface area contributed by atoms with Crippen LogP contribution in [0.2, 0.25) is 0 Å². The average molecular weight is 321 g/mol. The number of benzene rings is 1. The van der Waals surface area contributed by atoms with Crippen LogP contribution in [0.25, 0.3) is 0 Å². The minimum absolute atomic E-state index is 0.175. The van der Waals surface area contributed by atoms with E-state index in [1.807, 2.05) is 12.1 Å². The van der Waals surface area contributed by atoms with Crippen molar-refractivity contribution in [1.29, 1.82) is 0 Å². The Morgan fingerprint density at radius 2 is 1.65 bits per heavy atom. The molecule has 1 heterocycles. The first-order valence-corrected chi connectivity index (χ1v) is 8.90. The van der Waals surface area contributed by atoms with Gasteiger partial charge in [0.15, 0.2) is 6.54 Å². The highest BCUT2D eigenvalue weighted by atomic mass is 19.1. The third-order valence-electron chi connectivity index (χ3n) is 5.16. The summed E-state index contributed by atoms with van der Waals surface area (Å²) in [5, 5.41) is 3.18. The maximum absolute atomic E-state index is 12.9. The van der Waals surface area contributed by atoms with Crippen molar-refractivity contribution in [2.75, 3.05) is 32.7 Å². The van der Waals surface area contributed by atoms with Gasteiger partial charge in [-0.25, -0.2) is 4.39 Å². The van der Waals surface area contributed by atoms with Crippen molar-refractivity contribution in [1.82, 2.24) is 5.32 Å². The Bertz CT molecular complexity index is 506. The van der Waals surface area contributed by atoms with Gasteiger partial charge in [0.1, 0.15) is 38.5 Å². The fourth-order valence-corrected chi connectivity index (χ4v) is 3.78. The highest BCUT2D eigenvalue weighted by Crippen LogP contribution is 2.17. The number of carbonyl (C=O) groups is 1. The molecule has 1 aliphatic heterocycles. The van der Waals surface area contributed by atoms with Gasteiger partial charge < -0.3 is 15.1 Å². The van der Waals surface area contributed by atoms with Crippen molar-refractivity contribution in [2.45, 2.75) is 38.3 Å². The second-order valence-corrected chi connectivity index (χ2v) is 7.03. The van der Waals surface area contributed by atoms with Gasteiger partial charge in [-0.2, -0.15) is 0 Å². The Kier molecular flexibility index (Phi) is 5.62. The zero-order valence-corrected chi connectivity index (χ0v) is 13.7. The van der Waals surface area contributed by atoms with Crippen molar-refractivity contribution >= 4 is 5.91 Å². The largest absolute Gasteiger partial charge is 0.348 e. The summed E-state index contributed by atoms with van der Waals surface area (Å²) in [7, 11) is 0. The molecule has 126 valence electrons. The van der Waals surface area contributed by atoms with E-state index in [1.54, 1.807) is 0 Å². The maximum Gasteiger partial charge on any atom is 0.275 e. The molecule has 2 fully saturated rings. The molecule has 5 heteroatoms. The van der Waals surface area contributed by atoms with Crippen LogP contribution < -0.4 is 15.1 Å². The lowest BCUT2D eigenvalue weighted by atomic mass is 10.2. The molecule has 1 saturated carbocycles. The summed E-state index contributed by atoms with van der Waals surface area (Å²) in [6.07, 6.45) is 4.81. The molecule has 0 spiro atoms. The number of halogens is 1. The molecule has 4 nitrogen and oxygen atoms in total. The first-order chi connectivity index (χ1) is 11.2. The number of quaternary nitrogens is 2. The summed E-state index contributed by atoms with van der Waals surface area (Å²) < 4.78 is 12.9. The lowest BCUT2D eigenvalue weighted by Gasteiger charge is -2.29. The zero-order chi connectivity index (χ0) is 16.1. The minimum Gasteiger partial charge on any atom is -0.348 e. The van der Waals surface area contributed by atoms with E-state index >= 15 is 0 Å². The summed E-state index contributed by atoms with van der Waals surface area (Å²) in [5.41, 5.74) is 1.18. The van der Waals surface area contributed by atoms with Crippen molar-refractivity contribution in [2.24, 2.45) is 0 Å². The van der Waals surface area contributed by atoms with Crippen LogP contribution in [-0.2, 0) is 11.3 Å². The van der Waals surface area contributed by atoms with E-state index in [-0.39, 0.29) is 11.7 Å². The molecule has 23 heavy (non-hydrogen) atoms. The second kappa shape index (κ2) is 7.88. The summed E-state index contributed by atoms with van der Waals surface area (Å²) >= 11 is 0. The lowest BCUT2D eigenvalue weighted by molar-refractivity contribution is -1.02. The summed E-state index contributed by atoms with van der Waals surface area (Å²) in [5.74, 6) is 0.0418. The second-order valence-electron chi connectivity index (χ2n) is 7.03. The van der Waals surface area contributed by atoms with Gasteiger partial charge in [-0.3, -0.25) is 4.79 Å². The fraction of sp³-hybridized carbons (Fsp3) is 0.611. The number of hydrogen-bond donors (Lipinski definition) is 3. The molecule has 0 unspecified atom stereocenters. The maximum atomic E-state index is 12.9. The molecular weight excluding hydrogens is 293 g/mol. The van der Waals surface area contributed by atoms with Crippen LogP contribution in [0.15, 0.2) is 24.3 Å². The van der Waals surface area contributed by atoms with E-state index in [9.17, 15) is 9.18 Å². The summed E-state index contributed by atoms with van der Waals surface area (Å²) in [4.78, 5) is 15.0. The number of piperazine rings is 1. The molecule has 0 bridgehead atoms. The van der Waals surface area contributed by atoms with Crippen molar-refractivity contribution in [3.05, 3.63) is 35.6 Å². The van der Waals surface area contributed by atoms with E-state index in [0.717, 1.165) is 45.6 Å². The normalized spacial score (nSPS) is 25.4. The first kappa shape index (κ1) is 16.4. The topological polar surface area (TPSA) is 38.0 Å². The van der Waals surface area contributed by atoms with E-state index in [2.05, 4.69) is 5.32 Å². The summed E-state index contributed by atoms with van der Waals surface area (Å²) in [6.45, 7) is 5.78. The van der Waals surface area contributed by atoms with Crippen LogP contribution in [0.1, 0.15) is 31.2 Å². The monoisotopic (exact) mass is 321 g/mol. The van der Waals surface area contributed by atoms with Crippen LogP contribution in [0.5, 0.6) is 0 Å². The SMILES string of the molecule is O=C(C[NH+]1CC[NH+](Cc2ccc(F)cc2)CC1)NC1CCCC1. The van der Waals surface area contributed by atoms with Gasteiger partial charge in [-0.05, 0) is 25.0 Å². The van der Waals surface area contributed by atoms with Gasteiger partial charge in [-0.1, -0.05) is 25.0 Å². The number of rotatable bonds is 5.